The van der Waals surface area contributed by atoms with Crippen LogP contribution >= 0.6 is 11.6 Å². The molecule has 2 aromatic rings. The number of hydrogen-bond acceptors (Lipinski definition) is 4. The Morgan fingerprint density at radius 1 is 1.17 bits per heavy atom. The van der Waals surface area contributed by atoms with Gasteiger partial charge in [-0.05, 0) is 68.7 Å². The van der Waals surface area contributed by atoms with Crippen molar-refractivity contribution in [1.82, 2.24) is 9.62 Å². The summed E-state index contributed by atoms with van der Waals surface area (Å²) in [6.45, 7) is 4.17. The van der Waals surface area contributed by atoms with Gasteiger partial charge in [0.1, 0.15) is 5.75 Å². The maximum absolute atomic E-state index is 12.5. The number of halogens is 1. The van der Waals surface area contributed by atoms with E-state index in [1.54, 1.807) is 0 Å². The summed E-state index contributed by atoms with van der Waals surface area (Å²) in [4.78, 5) is 12.2. The number of carbonyl (C=O) groups is 1. The molecule has 0 radical (unpaired) electrons. The molecule has 158 valence electrons. The lowest BCUT2D eigenvalue weighted by atomic mass is 10.1. The van der Waals surface area contributed by atoms with Gasteiger partial charge in [0.2, 0.25) is 15.9 Å². The SMILES string of the molecule is CC(C)Oc1cccc(CCCNC(=O)CN(C)S(=O)(=O)c2ccc(Cl)cc2)c1. The second-order valence-electron chi connectivity index (χ2n) is 6.98. The van der Waals surface area contributed by atoms with Crippen LogP contribution < -0.4 is 10.1 Å². The van der Waals surface area contributed by atoms with Gasteiger partial charge >= 0.3 is 0 Å². The fraction of sp³-hybridized carbons (Fsp3) is 0.381. The molecule has 2 rings (SSSR count). The molecule has 0 bridgehead atoms. The molecule has 0 saturated carbocycles. The van der Waals surface area contributed by atoms with Crippen LogP contribution in [0.1, 0.15) is 25.8 Å². The molecule has 29 heavy (non-hydrogen) atoms. The van der Waals surface area contributed by atoms with Crippen molar-refractivity contribution in [2.75, 3.05) is 20.1 Å². The normalized spacial score (nSPS) is 11.7. The first-order valence-electron chi connectivity index (χ1n) is 9.42. The Hall–Kier alpha value is -2.09. The van der Waals surface area contributed by atoms with Crippen LogP contribution in [-0.2, 0) is 21.2 Å². The predicted molar refractivity (Wildman–Crippen MR) is 115 cm³/mol. The Labute approximate surface area is 177 Å². The molecule has 0 spiro atoms. The molecule has 1 amide bonds. The van der Waals surface area contributed by atoms with Gasteiger partial charge in [-0.25, -0.2) is 8.42 Å². The highest BCUT2D eigenvalue weighted by Gasteiger charge is 2.22. The average molecular weight is 439 g/mol. The molecule has 0 aliphatic carbocycles. The second kappa shape index (κ2) is 10.6. The summed E-state index contributed by atoms with van der Waals surface area (Å²) in [6, 6.07) is 13.7. The number of amides is 1. The molecular formula is C21H27ClN2O4S. The second-order valence-corrected chi connectivity index (χ2v) is 9.46. The number of sulfonamides is 1. The van der Waals surface area contributed by atoms with Gasteiger partial charge < -0.3 is 10.1 Å². The van der Waals surface area contributed by atoms with E-state index < -0.39 is 10.0 Å². The lowest BCUT2D eigenvalue weighted by Gasteiger charge is -2.17. The van der Waals surface area contributed by atoms with Gasteiger partial charge in [0, 0.05) is 18.6 Å². The van der Waals surface area contributed by atoms with E-state index in [1.165, 1.54) is 31.3 Å². The summed E-state index contributed by atoms with van der Waals surface area (Å²) in [6.07, 6.45) is 1.64. The van der Waals surface area contributed by atoms with E-state index >= 15 is 0 Å². The van der Waals surface area contributed by atoms with E-state index in [9.17, 15) is 13.2 Å². The number of benzene rings is 2. The van der Waals surface area contributed by atoms with Crippen molar-refractivity contribution in [3.63, 3.8) is 0 Å². The van der Waals surface area contributed by atoms with Crippen molar-refractivity contribution in [3.05, 3.63) is 59.1 Å². The summed E-state index contributed by atoms with van der Waals surface area (Å²) >= 11 is 5.79. The third kappa shape index (κ3) is 7.34. The van der Waals surface area contributed by atoms with Crippen LogP contribution in [0, 0.1) is 0 Å². The molecule has 0 heterocycles. The van der Waals surface area contributed by atoms with Gasteiger partial charge in [0.05, 0.1) is 17.5 Å². The molecule has 0 fully saturated rings. The number of rotatable bonds is 10. The van der Waals surface area contributed by atoms with E-state index in [0.29, 0.717) is 11.6 Å². The first-order chi connectivity index (χ1) is 13.7. The van der Waals surface area contributed by atoms with E-state index in [-0.39, 0.29) is 23.5 Å². The van der Waals surface area contributed by atoms with Crippen molar-refractivity contribution in [2.45, 2.75) is 37.7 Å². The van der Waals surface area contributed by atoms with Gasteiger partial charge in [0.15, 0.2) is 0 Å². The Morgan fingerprint density at radius 3 is 2.52 bits per heavy atom. The number of likely N-dealkylation sites (N-methyl/N-ethyl adjacent to an activating group) is 1. The van der Waals surface area contributed by atoms with E-state index in [0.717, 1.165) is 28.5 Å². The highest BCUT2D eigenvalue weighted by molar-refractivity contribution is 7.89. The van der Waals surface area contributed by atoms with Crippen LogP contribution in [0.4, 0.5) is 0 Å². The number of nitrogens with one attached hydrogen (secondary N) is 1. The van der Waals surface area contributed by atoms with E-state index in [1.807, 2.05) is 38.1 Å². The zero-order valence-electron chi connectivity index (χ0n) is 16.9. The van der Waals surface area contributed by atoms with E-state index in [2.05, 4.69) is 5.32 Å². The molecule has 2 aromatic carbocycles. The minimum Gasteiger partial charge on any atom is -0.491 e. The minimum absolute atomic E-state index is 0.0979. The average Bonchev–Trinajstić information content (AvgIpc) is 2.65. The molecule has 0 aliphatic rings. The zero-order chi connectivity index (χ0) is 21.4. The lowest BCUT2D eigenvalue weighted by Crippen LogP contribution is -2.38. The molecule has 0 saturated heterocycles. The van der Waals surface area contributed by atoms with E-state index in [4.69, 9.17) is 16.3 Å². The van der Waals surface area contributed by atoms with Crippen LogP contribution in [0.5, 0.6) is 5.75 Å². The Balaban J connectivity index is 1.79. The largest absolute Gasteiger partial charge is 0.491 e. The minimum atomic E-state index is -3.74. The standard InChI is InChI=1S/C21H27ClN2O4S/c1-16(2)28-19-8-4-6-17(14-19)7-5-13-23-21(25)15-24(3)29(26,27)20-11-9-18(22)10-12-20/h4,6,8-12,14,16H,5,7,13,15H2,1-3H3,(H,23,25). The molecule has 0 atom stereocenters. The van der Waals surface area contributed by atoms with Crippen LogP contribution in [0.25, 0.3) is 0 Å². The van der Waals surface area contributed by atoms with Crippen molar-refractivity contribution in [1.29, 1.82) is 0 Å². The Kier molecular flexibility index (Phi) is 8.49. The molecule has 8 heteroatoms. The monoisotopic (exact) mass is 438 g/mol. The number of ether oxygens (including phenoxy) is 1. The third-order valence-corrected chi connectivity index (χ3v) is 6.19. The highest BCUT2D eigenvalue weighted by Crippen LogP contribution is 2.18. The first-order valence-corrected chi connectivity index (χ1v) is 11.2. The molecule has 1 N–H and O–H groups in total. The summed E-state index contributed by atoms with van der Waals surface area (Å²) in [5.74, 6) is 0.484. The number of carbonyl (C=O) groups excluding carboxylic acids is 1. The maximum atomic E-state index is 12.5. The quantitative estimate of drug-likeness (QED) is 0.576. The topological polar surface area (TPSA) is 75.7 Å². The predicted octanol–water partition coefficient (Wildman–Crippen LogP) is 3.50. The summed E-state index contributed by atoms with van der Waals surface area (Å²) < 4.78 is 31.7. The summed E-state index contributed by atoms with van der Waals surface area (Å²) in [5, 5.41) is 3.22. The fourth-order valence-electron chi connectivity index (χ4n) is 2.70. The van der Waals surface area contributed by atoms with Gasteiger partial charge in [0.25, 0.3) is 0 Å². The Bertz CT molecular complexity index is 915. The molecule has 0 unspecified atom stereocenters. The summed E-state index contributed by atoms with van der Waals surface area (Å²) in [5.41, 5.74) is 1.12. The van der Waals surface area contributed by atoms with Crippen molar-refractivity contribution < 1.29 is 17.9 Å². The molecule has 0 aliphatic heterocycles. The maximum Gasteiger partial charge on any atom is 0.243 e. The van der Waals surface area contributed by atoms with Crippen molar-refractivity contribution in [2.24, 2.45) is 0 Å². The summed E-state index contributed by atoms with van der Waals surface area (Å²) in [7, 11) is -2.36. The Morgan fingerprint density at radius 2 is 1.86 bits per heavy atom. The smallest absolute Gasteiger partial charge is 0.243 e. The van der Waals surface area contributed by atoms with Crippen molar-refractivity contribution >= 4 is 27.5 Å². The van der Waals surface area contributed by atoms with Crippen molar-refractivity contribution in [3.8, 4) is 5.75 Å². The number of aryl methyl sites for hydroxylation is 1. The number of hydrogen-bond donors (Lipinski definition) is 1. The molecule has 0 aromatic heterocycles. The molecule has 6 nitrogen and oxygen atoms in total. The third-order valence-electron chi connectivity index (χ3n) is 4.12. The van der Waals surface area contributed by atoms with Gasteiger partial charge in [-0.15, -0.1) is 0 Å². The highest BCUT2D eigenvalue weighted by atomic mass is 35.5. The first kappa shape index (κ1) is 23.2. The fourth-order valence-corrected chi connectivity index (χ4v) is 3.95. The van der Waals surface area contributed by atoms with Crippen LogP contribution in [-0.4, -0.2) is 44.9 Å². The van der Waals surface area contributed by atoms with Crippen LogP contribution in [0.3, 0.4) is 0 Å². The number of nitrogens with zero attached hydrogens (tertiary/aromatic N) is 1. The van der Waals surface area contributed by atoms with Gasteiger partial charge in [-0.2, -0.15) is 4.31 Å². The molecular weight excluding hydrogens is 412 g/mol. The van der Waals surface area contributed by atoms with Crippen LogP contribution in [0.2, 0.25) is 5.02 Å². The van der Waals surface area contributed by atoms with Gasteiger partial charge in [-0.3, -0.25) is 4.79 Å². The van der Waals surface area contributed by atoms with Crippen LogP contribution in [0.15, 0.2) is 53.4 Å². The lowest BCUT2D eigenvalue weighted by molar-refractivity contribution is -0.121. The van der Waals surface area contributed by atoms with Gasteiger partial charge in [-0.1, -0.05) is 23.7 Å². The zero-order valence-corrected chi connectivity index (χ0v) is 18.5.